The lowest BCUT2D eigenvalue weighted by molar-refractivity contribution is 0.127. The molecule has 2 aromatic rings. The molecule has 0 bridgehead atoms. The number of benzene rings is 1. The normalized spacial score (nSPS) is 13.0. The third-order valence-electron chi connectivity index (χ3n) is 3.61. The molecule has 0 fully saturated rings. The molecule has 4 heteroatoms. The largest absolute Gasteiger partial charge is 0.388 e. The number of thiophene rings is 1. The first kappa shape index (κ1) is 16.7. The summed E-state index contributed by atoms with van der Waals surface area (Å²) in [5.74, 6) is 0. The Morgan fingerprint density at radius 1 is 1.19 bits per heavy atom. The van der Waals surface area contributed by atoms with Gasteiger partial charge in [0, 0.05) is 28.5 Å². The second-order valence-corrected chi connectivity index (χ2v) is 7.45. The maximum absolute atomic E-state index is 10.3. The van der Waals surface area contributed by atoms with E-state index in [1.807, 2.05) is 24.3 Å². The topological polar surface area (TPSA) is 23.5 Å². The van der Waals surface area contributed by atoms with Crippen molar-refractivity contribution in [3.63, 3.8) is 0 Å². The smallest absolute Gasteiger partial charge is 0.0802 e. The summed E-state index contributed by atoms with van der Waals surface area (Å²) in [7, 11) is 0. The van der Waals surface area contributed by atoms with E-state index in [0.29, 0.717) is 6.04 Å². The summed E-state index contributed by atoms with van der Waals surface area (Å²) in [6.45, 7) is 6.27. The highest BCUT2D eigenvalue weighted by Gasteiger charge is 2.14. The van der Waals surface area contributed by atoms with Gasteiger partial charge in [-0.15, -0.1) is 11.3 Å². The molecule has 0 saturated heterocycles. The van der Waals surface area contributed by atoms with E-state index in [-0.39, 0.29) is 0 Å². The molecule has 1 aromatic carbocycles. The van der Waals surface area contributed by atoms with Gasteiger partial charge in [-0.3, -0.25) is 4.90 Å². The lowest BCUT2D eigenvalue weighted by atomic mass is 10.1. The van der Waals surface area contributed by atoms with Gasteiger partial charge in [-0.2, -0.15) is 0 Å². The van der Waals surface area contributed by atoms with Gasteiger partial charge < -0.3 is 5.11 Å². The molecule has 1 atom stereocenters. The number of aliphatic hydroxyl groups excluding tert-OH is 1. The molecule has 2 rings (SSSR count). The Bertz CT molecular complexity index is 524. The second-order valence-electron chi connectivity index (χ2n) is 5.50. The number of aliphatic hydroxyl groups is 1. The first-order chi connectivity index (χ1) is 10.1. The van der Waals surface area contributed by atoms with E-state index in [9.17, 15) is 5.11 Å². The minimum atomic E-state index is -0.400. The maximum Gasteiger partial charge on any atom is 0.0802 e. The van der Waals surface area contributed by atoms with Crippen molar-refractivity contribution in [2.45, 2.75) is 39.0 Å². The monoisotopic (exact) mass is 367 g/mol. The maximum atomic E-state index is 10.3. The van der Waals surface area contributed by atoms with E-state index in [2.05, 4.69) is 52.2 Å². The van der Waals surface area contributed by atoms with Crippen molar-refractivity contribution in [2.24, 2.45) is 0 Å². The molecule has 0 saturated carbocycles. The van der Waals surface area contributed by atoms with Crippen molar-refractivity contribution in [3.8, 4) is 0 Å². The van der Waals surface area contributed by atoms with E-state index >= 15 is 0 Å². The second kappa shape index (κ2) is 8.08. The lowest BCUT2D eigenvalue weighted by Crippen LogP contribution is -2.31. The van der Waals surface area contributed by atoms with E-state index in [4.69, 9.17) is 0 Å². The standard InChI is InChI=1S/C17H22BrNOS/c1-13(2)19(12-16-4-3-11-21-16)10-9-17(20)14-5-7-15(18)8-6-14/h3-8,11,13,17,20H,9-10,12H2,1-2H3. The molecule has 0 aliphatic heterocycles. The molecule has 21 heavy (non-hydrogen) atoms. The Balaban J connectivity index is 1.90. The van der Waals surface area contributed by atoms with Gasteiger partial charge in [0.1, 0.15) is 0 Å². The number of hydrogen-bond acceptors (Lipinski definition) is 3. The highest BCUT2D eigenvalue weighted by molar-refractivity contribution is 9.10. The van der Waals surface area contributed by atoms with Gasteiger partial charge in [0.25, 0.3) is 0 Å². The van der Waals surface area contributed by atoms with Crippen LogP contribution in [0, 0.1) is 0 Å². The van der Waals surface area contributed by atoms with Gasteiger partial charge in [0.2, 0.25) is 0 Å². The Labute approximate surface area is 139 Å². The molecule has 1 N–H and O–H groups in total. The Kier molecular flexibility index (Phi) is 6.42. The van der Waals surface area contributed by atoms with Crippen LogP contribution in [0.3, 0.4) is 0 Å². The highest BCUT2D eigenvalue weighted by Crippen LogP contribution is 2.21. The zero-order valence-electron chi connectivity index (χ0n) is 12.5. The quantitative estimate of drug-likeness (QED) is 0.756. The Morgan fingerprint density at radius 3 is 2.48 bits per heavy atom. The summed E-state index contributed by atoms with van der Waals surface area (Å²) < 4.78 is 1.04. The minimum absolute atomic E-state index is 0.400. The fourth-order valence-electron chi connectivity index (χ4n) is 2.26. The van der Waals surface area contributed by atoms with E-state index < -0.39 is 6.10 Å². The van der Waals surface area contributed by atoms with Gasteiger partial charge in [-0.1, -0.05) is 34.1 Å². The molecular weight excluding hydrogens is 346 g/mol. The van der Waals surface area contributed by atoms with Crippen LogP contribution in [0.2, 0.25) is 0 Å². The molecule has 0 radical (unpaired) electrons. The lowest BCUT2D eigenvalue weighted by Gasteiger charge is -2.27. The molecule has 0 spiro atoms. The van der Waals surface area contributed by atoms with E-state index in [1.165, 1.54) is 4.88 Å². The molecular formula is C17H22BrNOS. The third-order valence-corrected chi connectivity index (χ3v) is 5.00. The third kappa shape index (κ3) is 5.22. The molecule has 1 heterocycles. The van der Waals surface area contributed by atoms with Gasteiger partial charge in [-0.25, -0.2) is 0 Å². The molecule has 2 nitrogen and oxygen atoms in total. The molecule has 0 aliphatic carbocycles. The predicted molar refractivity (Wildman–Crippen MR) is 93.6 cm³/mol. The summed E-state index contributed by atoms with van der Waals surface area (Å²) in [4.78, 5) is 3.79. The van der Waals surface area contributed by atoms with Gasteiger partial charge >= 0.3 is 0 Å². The van der Waals surface area contributed by atoms with Crippen LogP contribution < -0.4 is 0 Å². The van der Waals surface area contributed by atoms with Crippen LogP contribution in [-0.2, 0) is 6.54 Å². The molecule has 0 aliphatic rings. The van der Waals surface area contributed by atoms with Crippen LogP contribution in [0.5, 0.6) is 0 Å². The Hall–Kier alpha value is -0.680. The number of rotatable bonds is 7. The van der Waals surface area contributed by atoms with Crippen LogP contribution in [0.4, 0.5) is 0 Å². The highest BCUT2D eigenvalue weighted by atomic mass is 79.9. The van der Waals surface area contributed by atoms with E-state index in [0.717, 1.165) is 29.5 Å². The number of hydrogen-bond donors (Lipinski definition) is 1. The van der Waals surface area contributed by atoms with Gasteiger partial charge in [-0.05, 0) is 49.4 Å². The molecule has 0 amide bonds. The van der Waals surface area contributed by atoms with Crippen molar-refractivity contribution < 1.29 is 5.11 Å². The average molecular weight is 368 g/mol. The van der Waals surface area contributed by atoms with Crippen molar-refractivity contribution in [3.05, 3.63) is 56.7 Å². The van der Waals surface area contributed by atoms with Crippen LogP contribution in [-0.4, -0.2) is 22.6 Å². The first-order valence-electron chi connectivity index (χ1n) is 7.26. The molecule has 1 unspecified atom stereocenters. The predicted octanol–water partition coefficient (Wildman–Crippen LogP) is 4.84. The first-order valence-corrected chi connectivity index (χ1v) is 8.93. The zero-order chi connectivity index (χ0) is 15.2. The SMILES string of the molecule is CC(C)N(CCC(O)c1ccc(Br)cc1)Cc1cccs1. The average Bonchev–Trinajstić information content (AvgIpc) is 2.96. The van der Waals surface area contributed by atoms with Crippen LogP contribution >= 0.6 is 27.3 Å². The van der Waals surface area contributed by atoms with Crippen molar-refractivity contribution in [1.82, 2.24) is 4.90 Å². The van der Waals surface area contributed by atoms with Gasteiger partial charge in [0.15, 0.2) is 0 Å². The van der Waals surface area contributed by atoms with Crippen LogP contribution in [0.15, 0.2) is 46.3 Å². The summed E-state index contributed by atoms with van der Waals surface area (Å²) in [5.41, 5.74) is 0.984. The minimum Gasteiger partial charge on any atom is -0.388 e. The van der Waals surface area contributed by atoms with Crippen molar-refractivity contribution in [2.75, 3.05) is 6.54 Å². The van der Waals surface area contributed by atoms with Crippen LogP contribution in [0.25, 0.3) is 0 Å². The summed E-state index contributed by atoms with van der Waals surface area (Å²) in [5, 5.41) is 12.4. The van der Waals surface area contributed by atoms with Gasteiger partial charge in [0.05, 0.1) is 6.10 Å². The van der Waals surface area contributed by atoms with E-state index in [1.54, 1.807) is 11.3 Å². The summed E-state index contributed by atoms with van der Waals surface area (Å²) >= 11 is 5.21. The summed E-state index contributed by atoms with van der Waals surface area (Å²) in [6.07, 6.45) is 0.355. The molecule has 114 valence electrons. The van der Waals surface area contributed by atoms with Crippen molar-refractivity contribution >= 4 is 27.3 Å². The summed E-state index contributed by atoms with van der Waals surface area (Å²) in [6, 6.07) is 12.7. The Morgan fingerprint density at radius 2 is 1.90 bits per heavy atom. The van der Waals surface area contributed by atoms with Crippen LogP contribution in [0.1, 0.15) is 36.8 Å². The fourth-order valence-corrected chi connectivity index (χ4v) is 3.26. The fraction of sp³-hybridized carbons (Fsp3) is 0.412. The van der Waals surface area contributed by atoms with Crippen molar-refractivity contribution in [1.29, 1.82) is 0 Å². The zero-order valence-corrected chi connectivity index (χ0v) is 14.9. The molecule has 1 aromatic heterocycles. The number of halogens is 1. The number of nitrogens with zero attached hydrogens (tertiary/aromatic N) is 1.